The van der Waals surface area contributed by atoms with Crippen LogP contribution in [0, 0.1) is 5.92 Å². The highest BCUT2D eigenvalue weighted by Crippen LogP contribution is 2.36. The van der Waals surface area contributed by atoms with Crippen LogP contribution in [0.15, 0.2) is 46.2 Å². The van der Waals surface area contributed by atoms with Crippen LogP contribution in [-0.2, 0) is 0 Å². The second-order valence-corrected chi connectivity index (χ2v) is 5.71. The molecule has 0 heterocycles. The summed E-state index contributed by atoms with van der Waals surface area (Å²) in [6.07, 6.45) is 9.16. The predicted octanol–water partition coefficient (Wildman–Crippen LogP) is 6.03. The van der Waals surface area contributed by atoms with Gasteiger partial charge in [0, 0.05) is 4.90 Å². The molecule has 0 nitrogen and oxygen atoms in total. The molecule has 0 aromatic heterocycles. The highest BCUT2D eigenvalue weighted by atomic mass is 32.2. The van der Waals surface area contributed by atoms with Gasteiger partial charge < -0.3 is 0 Å². The van der Waals surface area contributed by atoms with Crippen LogP contribution in [0.5, 0.6) is 0 Å². The molecule has 0 bridgehead atoms. The van der Waals surface area contributed by atoms with Crippen molar-refractivity contribution >= 4 is 11.8 Å². The summed E-state index contributed by atoms with van der Waals surface area (Å²) in [7, 11) is 0. The molecule has 1 atom stereocenters. The lowest BCUT2D eigenvalue weighted by atomic mass is 9.90. The van der Waals surface area contributed by atoms with Gasteiger partial charge in [0.05, 0.1) is 0 Å². The molecule has 1 aliphatic rings. The molecule has 1 unspecified atom stereocenters. The number of rotatable bonds is 4. The van der Waals surface area contributed by atoms with Crippen LogP contribution in [0.4, 0.5) is 23.5 Å². The van der Waals surface area contributed by atoms with E-state index in [9.17, 15) is 0 Å². The number of allylic oxidation sites excluding steroid dienone is 2. The maximum Gasteiger partial charge on any atom is 0.0118 e. The largest absolute Gasteiger partial charge is 0.269 e. The molecule has 2 rings (SSSR count). The second kappa shape index (κ2) is 15.4. The molecule has 0 aliphatic heterocycles. The van der Waals surface area contributed by atoms with E-state index in [4.69, 9.17) is 0 Å². The Balaban J connectivity index is -0.000000289. The van der Waals surface area contributed by atoms with E-state index in [0.717, 1.165) is 5.92 Å². The van der Waals surface area contributed by atoms with Gasteiger partial charge in [0.25, 0.3) is 0 Å². The zero-order valence-corrected chi connectivity index (χ0v) is 12.8. The molecular weight excluding hydrogens is 307 g/mol. The molecule has 0 radical (unpaired) electrons. The first kappa shape index (κ1) is 28.2. The van der Waals surface area contributed by atoms with Gasteiger partial charge in [-0.1, -0.05) is 55.8 Å². The molecule has 0 saturated heterocycles. The fraction of sp³-hybridized carbons (Fsp3) is 0.467. The normalized spacial score (nSPS) is 15.7. The summed E-state index contributed by atoms with van der Waals surface area (Å²) in [6, 6.07) is 10.7. The van der Waals surface area contributed by atoms with Crippen molar-refractivity contribution in [2.75, 3.05) is 0 Å². The third-order valence-corrected chi connectivity index (χ3v) is 4.31. The minimum absolute atomic E-state index is 0. The summed E-state index contributed by atoms with van der Waals surface area (Å²) >= 11 is 1.95. The Morgan fingerprint density at radius 2 is 1.62 bits per heavy atom. The van der Waals surface area contributed by atoms with E-state index in [0.29, 0.717) is 0 Å². The Hall–Kier alpha value is -1.04. The summed E-state index contributed by atoms with van der Waals surface area (Å²) in [5, 5.41) is 0. The Kier molecular flexibility index (Phi) is 20.6. The minimum Gasteiger partial charge on any atom is -0.269 e. The third-order valence-electron chi connectivity index (χ3n) is 3.17. The van der Waals surface area contributed by atoms with Crippen molar-refractivity contribution in [3.63, 3.8) is 0 Å². The molecule has 21 heavy (non-hydrogen) atoms. The lowest BCUT2D eigenvalue weighted by Gasteiger charge is -2.20. The van der Waals surface area contributed by atoms with Crippen LogP contribution < -0.4 is 0 Å². The van der Waals surface area contributed by atoms with E-state index in [2.05, 4.69) is 43.3 Å². The molecule has 0 saturated carbocycles. The number of benzene rings is 1. The van der Waals surface area contributed by atoms with E-state index in [1.807, 2.05) is 11.8 Å². The summed E-state index contributed by atoms with van der Waals surface area (Å²) in [5.41, 5.74) is 0. The van der Waals surface area contributed by atoms with Crippen molar-refractivity contribution in [1.82, 2.24) is 0 Å². The van der Waals surface area contributed by atoms with Gasteiger partial charge in [-0.05, 0) is 42.2 Å². The van der Waals surface area contributed by atoms with Crippen molar-refractivity contribution in [1.29, 1.82) is 0 Å². The summed E-state index contributed by atoms with van der Waals surface area (Å²) < 4.78 is 0. The van der Waals surface area contributed by atoms with Crippen molar-refractivity contribution in [2.24, 2.45) is 5.92 Å². The highest BCUT2D eigenvalue weighted by molar-refractivity contribution is 8.03. The van der Waals surface area contributed by atoms with E-state index in [1.54, 1.807) is 4.91 Å². The fourth-order valence-electron chi connectivity index (χ4n) is 2.27. The van der Waals surface area contributed by atoms with E-state index >= 15 is 0 Å². The van der Waals surface area contributed by atoms with Gasteiger partial charge in [-0.2, -0.15) is 0 Å². The molecule has 1 aliphatic carbocycles. The first-order valence-electron chi connectivity index (χ1n) is 6.30. The molecular formula is C15H25F5S. The maximum atomic E-state index is 2.46. The number of thioether (sulfide) groups is 1. The first-order valence-corrected chi connectivity index (χ1v) is 7.12. The topological polar surface area (TPSA) is 0 Å². The van der Waals surface area contributed by atoms with Crippen LogP contribution in [0.2, 0.25) is 0 Å². The molecule has 0 N–H and O–H groups in total. The van der Waals surface area contributed by atoms with E-state index in [1.165, 1.54) is 37.0 Å². The lowest BCUT2D eigenvalue weighted by Crippen LogP contribution is -2.03. The van der Waals surface area contributed by atoms with Crippen LogP contribution in [0.25, 0.3) is 0 Å². The van der Waals surface area contributed by atoms with Crippen LogP contribution in [0.1, 0.15) is 39.0 Å². The summed E-state index contributed by atoms with van der Waals surface area (Å²) in [6.45, 7) is 2.29. The van der Waals surface area contributed by atoms with Crippen molar-refractivity contribution in [3.8, 4) is 0 Å². The molecule has 0 spiro atoms. The second-order valence-electron chi connectivity index (χ2n) is 4.51. The highest BCUT2D eigenvalue weighted by Gasteiger charge is 2.13. The Labute approximate surface area is 127 Å². The van der Waals surface area contributed by atoms with Crippen LogP contribution in [0.3, 0.4) is 0 Å². The SMILES string of the molecule is CCCC1CC=C(Sc2ccccc2)CC1.F.F.F.F.F. The smallest absolute Gasteiger partial charge is 0.0118 e. The van der Waals surface area contributed by atoms with Gasteiger partial charge in [0.15, 0.2) is 0 Å². The monoisotopic (exact) mass is 332 g/mol. The van der Waals surface area contributed by atoms with Gasteiger partial charge in [-0.25, -0.2) is 0 Å². The maximum absolute atomic E-state index is 2.46. The lowest BCUT2D eigenvalue weighted by molar-refractivity contribution is 0.438. The Morgan fingerprint density at radius 3 is 2.10 bits per heavy atom. The van der Waals surface area contributed by atoms with Crippen LogP contribution >= 0.6 is 11.8 Å². The van der Waals surface area contributed by atoms with Gasteiger partial charge in [0.1, 0.15) is 0 Å². The average Bonchev–Trinajstić information content (AvgIpc) is 2.33. The van der Waals surface area contributed by atoms with Gasteiger partial charge >= 0.3 is 0 Å². The number of hydrogen-bond acceptors (Lipinski definition) is 1. The van der Waals surface area contributed by atoms with Gasteiger partial charge in [-0.3, -0.25) is 23.5 Å². The first-order chi connectivity index (χ1) is 7.88. The van der Waals surface area contributed by atoms with Crippen molar-refractivity contribution < 1.29 is 23.5 Å². The van der Waals surface area contributed by atoms with Crippen molar-refractivity contribution in [2.45, 2.75) is 43.9 Å². The summed E-state index contributed by atoms with van der Waals surface area (Å²) in [4.78, 5) is 2.95. The number of halogens is 5. The van der Waals surface area contributed by atoms with E-state index < -0.39 is 0 Å². The predicted molar refractivity (Wildman–Crippen MR) is 85.1 cm³/mol. The quantitative estimate of drug-likeness (QED) is 0.607. The van der Waals surface area contributed by atoms with Gasteiger partial charge in [-0.15, -0.1) is 0 Å². The summed E-state index contributed by atoms with van der Waals surface area (Å²) in [5.74, 6) is 0.949. The molecule has 6 heteroatoms. The molecule has 0 amide bonds. The van der Waals surface area contributed by atoms with E-state index in [-0.39, 0.29) is 23.5 Å². The molecule has 1 aromatic carbocycles. The molecule has 126 valence electrons. The Morgan fingerprint density at radius 1 is 1.00 bits per heavy atom. The fourth-order valence-corrected chi connectivity index (χ4v) is 3.26. The van der Waals surface area contributed by atoms with Gasteiger partial charge in [0.2, 0.25) is 0 Å². The average molecular weight is 332 g/mol. The minimum atomic E-state index is 0. The standard InChI is InChI=1S/C15H20S.5FH/c1-2-6-13-9-11-15(12-10-13)16-14-7-4-3-5-8-14;;;;;/h3-5,7-8,11,13H,2,6,9-10,12H2,1H3;5*1H. The van der Waals surface area contributed by atoms with Crippen molar-refractivity contribution in [3.05, 3.63) is 41.3 Å². The molecule has 0 fully saturated rings. The van der Waals surface area contributed by atoms with Crippen LogP contribution in [-0.4, -0.2) is 0 Å². The zero-order chi connectivity index (χ0) is 11.2. The molecule has 1 aromatic rings. The zero-order valence-electron chi connectivity index (χ0n) is 12.0. The Bertz CT molecular complexity index is 356. The number of hydrogen-bond donors (Lipinski definition) is 0. The third kappa shape index (κ3) is 9.50.